The number of carbonyl (C=O) groups excluding carboxylic acids is 2. The van der Waals surface area contributed by atoms with Gasteiger partial charge in [0.2, 0.25) is 5.95 Å². The summed E-state index contributed by atoms with van der Waals surface area (Å²) in [5.41, 5.74) is 1.13. The van der Waals surface area contributed by atoms with Crippen molar-refractivity contribution in [2.24, 2.45) is 15.9 Å². The van der Waals surface area contributed by atoms with Crippen LogP contribution in [0.1, 0.15) is 119 Å². The predicted octanol–water partition coefficient (Wildman–Crippen LogP) is 8.21. The van der Waals surface area contributed by atoms with Gasteiger partial charge in [-0.25, -0.2) is 9.79 Å². The Morgan fingerprint density at radius 1 is 0.973 bits per heavy atom. The van der Waals surface area contributed by atoms with Gasteiger partial charge in [0.05, 0.1) is 0 Å². The van der Waals surface area contributed by atoms with E-state index >= 15 is 0 Å². The molecule has 0 radical (unpaired) electrons. The Balaban J connectivity index is 5.23. The van der Waals surface area contributed by atoms with Crippen LogP contribution in [0, 0.1) is 5.92 Å². The van der Waals surface area contributed by atoms with E-state index in [1.807, 2.05) is 41.5 Å². The highest BCUT2D eigenvalue weighted by Gasteiger charge is 2.19. The number of nitrogens with one attached hydrogen (secondary N) is 1. The Kier molecular flexibility index (Phi) is 20.1. The molecule has 8 heteroatoms. The fourth-order valence-electron chi connectivity index (χ4n) is 3.11. The third-order valence-corrected chi connectivity index (χ3v) is 5.73. The molecular weight excluding hydrogens is 473 g/mol. The first kappa shape index (κ1) is 34.5. The van der Waals surface area contributed by atoms with Crippen LogP contribution in [0.5, 0.6) is 0 Å². The summed E-state index contributed by atoms with van der Waals surface area (Å²) in [6.07, 6.45) is 11.2. The molecule has 0 aromatic heterocycles. The number of halogens is 1. The summed E-state index contributed by atoms with van der Waals surface area (Å²) in [7, 11) is 0. The standard InChI is InChI=1S/C29H50FN3O4/c1-8-12-14-15-16-17-19-26(34)36-21-24(11-4)37-29(35)33-28(32-25(30)18-13-9-2)27(22(5)6)31-20-23(7)10-3/h18,20,23-24H,8-17,19,21H2,1-7H3,(H,32,33,35)/b25-18+,31-20-. The maximum atomic E-state index is 14.5. The minimum absolute atomic E-state index is 0.0238. The Morgan fingerprint density at radius 2 is 1.65 bits per heavy atom. The molecule has 0 bridgehead atoms. The van der Waals surface area contributed by atoms with Crippen molar-refractivity contribution in [2.45, 2.75) is 125 Å². The van der Waals surface area contributed by atoms with E-state index in [0.29, 0.717) is 25.0 Å². The van der Waals surface area contributed by atoms with Crippen molar-refractivity contribution in [1.82, 2.24) is 5.32 Å². The number of hydrogen-bond acceptors (Lipinski definition) is 6. The lowest BCUT2D eigenvalue weighted by Crippen LogP contribution is -2.36. The molecule has 0 aromatic rings. The van der Waals surface area contributed by atoms with Crippen LogP contribution in [-0.4, -0.2) is 36.8 Å². The number of esters is 1. The van der Waals surface area contributed by atoms with Crippen LogP contribution in [-0.2, 0) is 14.3 Å². The molecule has 0 saturated carbocycles. The third-order valence-electron chi connectivity index (χ3n) is 5.73. The fraction of sp³-hybridized carbons (Fsp3) is 0.724. The fourth-order valence-corrected chi connectivity index (χ4v) is 3.11. The van der Waals surface area contributed by atoms with Crippen LogP contribution in [0.25, 0.3) is 0 Å². The number of unbranched alkanes of at least 4 members (excludes halogenated alkanes) is 6. The number of nitrogens with zero attached hydrogens (tertiary/aromatic N) is 2. The highest BCUT2D eigenvalue weighted by molar-refractivity contribution is 6.07. The zero-order valence-electron chi connectivity index (χ0n) is 24.2. The van der Waals surface area contributed by atoms with Crippen molar-refractivity contribution in [2.75, 3.05) is 6.61 Å². The molecule has 37 heavy (non-hydrogen) atoms. The van der Waals surface area contributed by atoms with Gasteiger partial charge in [0.25, 0.3) is 0 Å². The maximum Gasteiger partial charge on any atom is 0.413 e. The zero-order chi connectivity index (χ0) is 28.1. The summed E-state index contributed by atoms with van der Waals surface area (Å²) >= 11 is 0. The van der Waals surface area contributed by atoms with E-state index < -0.39 is 18.1 Å². The van der Waals surface area contributed by atoms with Crippen LogP contribution in [0.2, 0.25) is 0 Å². The first-order valence-corrected chi connectivity index (χ1v) is 14.0. The summed E-state index contributed by atoms with van der Waals surface area (Å²) in [5, 5.41) is 2.55. The first-order valence-electron chi connectivity index (χ1n) is 14.0. The topological polar surface area (TPSA) is 89.4 Å². The highest BCUT2D eigenvalue weighted by Crippen LogP contribution is 2.13. The molecular formula is C29H50FN3O4. The summed E-state index contributed by atoms with van der Waals surface area (Å²) < 4.78 is 25.2. The molecule has 0 aliphatic heterocycles. The van der Waals surface area contributed by atoms with E-state index in [1.165, 1.54) is 25.3 Å². The SMILES string of the molecule is CCC/C=C(F)/N=C(/NC(=O)OC(CC)COC(=O)CCCCCCCC)C(/N=C\C(C)CC)=C(C)C. The van der Waals surface area contributed by atoms with Crippen molar-refractivity contribution in [3.8, 4) is 0 Å². The Labute approximate surface area is 224 Å². The van der Waals surface area contributed by atoms with Crippen molar-refractivity contribution in [3.05, 3.63) is 23.3 Å². The predicted molar refractivity (Wildman–Crippen MR) is 151 cm³/mol. The van der Waals surface area contributed by atoms with Crippen LogP contribution >= 0.6 is 0 Å². The number of alkyl carbamates (subject to hydrolysis) is 1. The molecule has 0 rings (SSSR count). The van der Waals surface area contributed by atoms with Gasteiger partial charge >= 0.3 is 12.1 Å². The molecule has 1 N–H and O–H groups in total. The van der Waals surface area contributed by atoms with Gasteiger partial charge in [-0.1, -0.05) is 73.1 Å². The molecule has 7 nitrogen and oxygen atoms in total. The van der Waals surface area contributed by atoms with E-state index in [1.54, 1.807) is 6.21 Å². The lowest BCUT2D eigenvalue weighted by Gasteiger charge is -2.18. The average Bonchev–Trinajstić information content (AvgIpc) is 2.86. The summed E-state index contributed by atoms with van der Waals surface area (Å²) in [4.78, 5) is 33.3. The highest BCUT2D eigenvalue weighted by atomic mass is 19.1. The molecule has 0 aliphatic rings. The monoisotopic (exact) mass is 523 g/mol. The number of carbonyl (C=O) groups is 2. The lowest BCUT2D eigenvalue weighted by atomic mass is 10.1. The average molecular weight is 524 g/mol. The largest absolute Gasteiger partial charge is 0.462 e. The third kappa shape index (κ3) is 17.6. The van der Waals surface area contributed by atoms with E-state index in [2.05, 4.69) is 22.2 Å². The van der Waals surface area contributed by atoms with Crippen LogP contribution in [0.4, 0.5) is 9.18 Å². The summed E-state index contributed by atoms with van der Waals surface area (Å²) in [5.74, 6) is -0.817. The van der Waals surface area contributed by atoms with E-state index in [4.69, 9.17) is 9.47 Å². The second kappa shape index (κ2) is 21.6. The number of amidine groups is 1. The molecule has 0 aliphatic carbocycles. The van der Waals surface area contributed by atoms with Gasteiger partial charge in [0.15, 0.2) is 5.84 Å². The molecule has 0 saturated heterocycles. The van der Waals surface area contributed by atoms with Crippen molar-refractivity contribution in [3.63, 3.8) is 0 Å². The van der Waals surface area contributed by atoms with E-state index in [-0.39, 0.29) is 24.3 Å². The Bertz CT molecular complexity index is 786. The summed E-state index contributed by atoms with van der Waals surface area (Å²) in [6, 6.07) is 0. The lowest BCUT2D eigenvalue weighted by molar-refractivity contribution is -0.146. The van der Waals surface area contributed by atoms with Gasteiger partial charge in [0, 0.05) is 12.6 Å². The van der Waals surface area contributed by atoms with Crippen LogP contribution < -0.4 is 5.32 Å². The molecule has 1 amide bonds. The zero-order valence-corrected chi connectivity index (χ0v) is 24.2. The number of allylic oxidation sites excluding steroid dienone is 2. The maximum absolute atomic E-state index is 14.5. The molecule has 0 aromatic carbocycles. The minimum atomic E-state index is -0.807. The Hall–Kier alpha value is -2.51. The van der Waals surface area contributed by atoms with Crippen molar-refractivity contribution in [1.29, 1.82) is 0 Å². The smallest absolute Gasteiger partial charge is 0.413 e. The van der Waals surface area contributed by atoms with Gasteiger partial charge in [0.1, 0.15) is 18.4 Å². The molecule has 0 heterocycles. The number of hydrogen-bond donors (Lipinski definition) is 1. The number of amides is 1. The molecule has 0 spiro atoms. The van der Waals surface area contributed by atoms with E-state index in [0.717, 1.165) is 37.7 Å². The molecule has 2 atom stereocenters. The van der Waals surface area contributed by atoms with Gasteiger partial charge < -0.3 is 9.47 Å². The second-order valence-corrected chi connectivity index (χ2v) is 9.55. The summed E-state index contributed by atoms with van der Waals surface area (Å²) in [6.45, 7) is 13.6. The van der Waals surface area contributed by atoms with Gasteiger partial charge in [-0.3, -0.25) is 15.1 Å². The van der Waals surface area contributed by atoms with Crippen LogP contribution in [0.15, 0.2) is 33.3 Å². The van der Waals surface area contributed by atoms with Crippen LogP contribution in [0.3, 0.4) is 0 Å². The van der Waals surface area contributed by atoms with Gasteiger partial charge in [-0.05, 0) is 57.1 Å². The minimum Gasteiger partial charge on any atom is -0.462 e. The quantitative estimate of drug-likeness (QED) is 0.0644. The molecule has 212 valence electrons. The first-order chi connectivity index (χ1) is 17.7. The van der Waals surface area contributed by atoms with Crippen molar-refractivity contribution < 1.29 is 23.5 Å². The molecule has 2 unspecified atom stereocenters. The Morgan fingerprint density at radius 3 is 2.24 bits per heavy atom. The van der Waals surface area contributed by atoms with Crippen molar-refractivity contribution >= 4 is 24.1 Å². The number of aliphatic imine (C=N–C) groups is 2. The number of rotatable bonds is 18. The molecule has 0 fully saturated rings. The second-order valence-electron chi connectivity index (χ2n) is 9.55. The number of ether oxygens (including phenoxy) is 2. The normalized spacial score (nSPS) is 13.8. The van der Waals surface area contributed by atoms with E-state index in [9.17, 15) is 14.0 Å². The van der Waals surface area contributed by atoms with Gasteiger partial charge in [-0.2, -0.15) is 4.39 Å². The van der Waals surface area contributed by atoms with Gasteiger partial charge in [-0.15, -0.1) is 0 Å².